The van der Waals surface area contributed by atoms with Crippen LogP contribution < -0.4 is 98.2 Å². The van der Waals surface area contributed by atoms with E-state index in [1.807, 2.05) is 0 Å². The first-order chi connectivity index (χ1) is 51.8. The van der Waals surface area contributed by atoms with Crippen LogP contribution in [0.25, 0.3) is 0 Å². The number of nitrogens with two attached hydrogens (primary N) is 6. The van der Waals surface area contributed by atoms with Crippen LogP contribution in [0.1, 0.15) is 131 Å². The third-order valence-corrected chi connectivity index (χ3v) is 18.4. The fraction of sp³-hybridized carbons (Fsp3) is 0.708. The zero-order valence-electron chi connectivity index (χ0n) is 62.2. The van der Waals surface area contributed by atoms with E-state index < -0.39 is 230 Å². The summed E-state index contributed by atoms with van der Waals surface area (Å²) in [6, 6.07) is -22.5. The number of likely N-dealkylation sites (tertiary alicyclic amines) is 3. The molecule has 0 aromatic heterocycles. The Kier molecular flexibility index (Phi) is 37.3. The number of nitrogens with zero attached hydrogens (tertiary/aromatic N) is 5. The highest BCUT2D eigenvalue weighted by Gasteiger charge is 2.45. The van der Waals surface area contributed by atoms with E-state index in [9.17, 15) is 107 Å². The predicted octanol–water partition coefficient (Wildman–Crippen LogP) is -12.6. The molecular weight excluding hydrogens is 1450 g/mol. The monoisotopic (exact) mass is 1560 g/mol. The summed E-state index contributed by atoms with van der Waals surface area (Å²) in [7, 11) is 0. The maximum absolute atomic E-state index is 14.8. The van der Waals surface area contributed by atoms with E-state index in [0.29, 0.717) is 19.4 Å². The zero-order valence-corrected chi connectivity index (χ0v) is 62.2. The SMILES string of the molecule is CC(C)C[C@H](NC(=O)[C@H](CO)NC(=O)[C@@H]1CCCN1)C(=O)N[C@@H](CCCN=C(N)N)C(=O)N[C@@H](CC(=O)O)C(=O)N1CCC[C@H]1C(=O)N[C@@H](CCCN=C(N)N)C(=O)N1CCC[C@H]1C(=O)N[C@@H](CC(N)=O)C(=O)N[C@@H](C)C(=O)N1CCC[C@H]1C(=O)N[C@@H](CO)C(=O)N[C@H](C(=O)N[C@@H](CO)C(=O)N[C@@H](C)C(N)=O)[C@@H](C)O. The molecule has 110 heavy (non-hydrogen) atoms. The smallest absolute Gasteiger partial charge is 0.305 e. The maximum Gasteiger partial charge on any atom is 0.305 e. The number of aliphatic imine (C=N–C) groups is 2. The van der Waals surface area contributed by atoms with Gasteiger partial charge in [-0.2, -0.15) is 0 Å². The van der Waals surface area contributed by atoms with Crippen molar-refractivity contribution in [3.05, 3.63) is 0 Å². The molecule has 0 aromatic carbocycles. The van der Waals surface area contributed by atoms with Crippen LogP contribution in [0.15, 0.2) is 9.98 Å². The van der Waals surface area contributed by atoms with E-state index in [-0.39, 0.29) is 121 Å². The van der Waals surface area contributed by atoms with Crippen LogP contribution in [0.5, 0.6) is 0 Å². The van der Waals surface area contributed by atoms with Gasteiger partial charge in [-0.05, 0) is 117 Å². The molecule has 0 aliphatic carbocycles. The van der Waals surface area contributed by atoms with Gasteiger partial charge >= 0.3 is 5.97 Å². The van der Waals surface area contributed by atoms with Crippen LogP contribution in [0.3, 0.4) is 0 Å². The Labute approximate surface area is 632 Å². The highest BCUT2D eigenvalue weighted by Crippen LogP contribution is 2.25. The number of aliphatic hydroxyl groups is 4. The van der Waals surface area contributed by atoms with Crippen LogP contribution in [-0.2, 0) is 81.5 Å². The van der Waals surface area contributed by atoms with Crippen LogP contribution in [0.2, 0.25) is 0 Å². The van der Waals surface area contributed by atoms with Crippen molar-refractivity contribution < 1.29 is 107 Å². The predicted molar refractivity (Wildman–Crippen MR) is 385 cm³/mol. The molecule has 4 saturated heterocycles. The molecule has 0 radical (unpaired) electrons. The summed E-state index contributed by atoms with van der Waals surface area (Å²) in [4.78, 5) is 242. The van der Waals surface area contributed by atoms with E-state index >= 15 is 0 Å². The number of guanidine groups is 2. The summed E-state index contributed by atoms with van der Waals surface area (Å²) in [6.45, 7) is 4.12. The number of primary amides is 2. The number of aliphatic carboxylic acids is 1. The molecule has 29 N–H and O–H groups in total. The number of rotatable bonds is 44. The number of nitrogens with one attached hydrogen (secondary N) is 12. The van der Waals surface area contributed by atoms with Gasteiger partial charge in [0.15, 0.2) is 11.9 Å². The molecule has 0 saturated carbocycles. The van der Waals surface area contributed by atoms with Gasteiger partial charge in [0, 0.05) is 32.7 Å². The third-order valence-electron chi connectivity index (χ3n) is 18.4. The Morgan fingerprint density at radius 1 is 0.427 bits per heavy atom. The third kappa shape index (κ3) is 28.4. The summed E-state index contributed by atoms with van der Waals surface area (Å²) in [5.41, 5.74) is 32.8. The van der Waals surface area contributed by atoms with Crippen molar-refractivity contribution in [3.63, 3.8) is 0 Å². The normalized spacial score (nSPS) is 19.9. The second-order valence-corrected chi connectivity index (χ2v) is 27.6. The van der Waals surface area contributed by atoms with E-state index in [2.05, 4.69) is 73.8 Å². The molecule has 4 aliphatic heterocycles. The molecular formula is C65H109N23O22. The van der Waals surface area contributed by atoms with Crippen molar-refractivity contribution in [2.45, 2.75) is 228 Å². The molecule has 16 atom stereocenters. The van der Waals surface area contributed by atoms with Crippen LogP contribution >= 0.6 is 0 Å². The van der Waals surface area contributed by atoms with Crippen molar-refractivity contribution in [1.29, 1.82) is 0 Å². The van der Waals surface area contributed by atoms with Crippen LogP contribution in [0.4, 0.5) is 0 Å². The summed E-state index contributed by atoms with van der Waals surface area (Å²) in [6.07, 6.45) is -2.35. The Morgan fingerprint density at radius 3 is 1.27 bits per heavy atom. The number of amides is 16. The topological polar surface area (TPSA) is 726 Å². The van der Waals surface area contributed by atoms with Gasteiger partial charge in [0.1, 0.15) is 84.6 Å². The van der Waals surface area contributed by atoms with Crippen LogP contribution in [-0.4, -0.2) is 308 Å². The second kappa shape index (κ2) is 44.7. The highest BCUT2D eigenvalue weighted by molar-refractivity contribution is 6.02. The molecule has 0 unspecified atom stereocenters. The van der Waals surface area contributed by atoms with Gasteiger partial charge in [0.2, 0.25) is 94.5 Å². The van der Waals surface area contributed by atoms with E-state index in [1.165, 1.54) is 13.8 Å². The standard InChI is InChI=1S/C65H109N23O22/c1-30(2)24-37(79-55(102)41(28-90)82-50(97)34-12-6-18-72-34)53(100)77-35(13-7-19-73-64(68)69)51(98)81-39(26-47(94)95)63(110)88-23-11-16-44(88)57(104)78-36(14-8-20-74-65(70)71)62(109)87-22-10-17-45(87)58(105)80-38(25-46(66)93)52(99)76-32(4)61(108)86-21-9-15-43(86)59(106)83-42(29-91)56(103)85-48(33(5)92)60(107)84-40(27-89)54(101)75-31(3)49(67)96/h30-45,48,72,89-92H,6-29H2,1-5H3,(H2,66,93)(H2,67,96)(H,75,101)(H,76,99)(H,77,100)(H,78,104)(H,79,102)(H,80,105)(H,81,98)(H,82,97)(H,83,106)(H,84,107)(H,85,103)(H,94,95)(H4,68,69,73)(H4,70,71,74)/t31-,32-,33+,34-,35-,36-,37-,38-,39-,40-,41-,42-,43-,44-,45-,48-/m0/s1. The molecule has 4 heterocycles. The quantitative estimate of drug-likeness (QED) is 0.0153. The number of carboxylic acid groups (broad SMARTS) is 1. The Bertz CT molecular complexity index is 3370. The maximum atomic E-state index is 14.8. The molecule has 4 aliphatic rings. The number of hydrogen-bond donors (Lipinski definition) is 23. The van der Waals surface area contributed by atoms with Gasteiger partial charge in [0.05, 0.1) is 44.8 Å². The number of aliphatic hydroxyl groups excluding tert-OH is 4. The average molecular weight is 1560 g/mol. The lowest BCUT2D eigenvalue weighted by molar-refractivity contribution is -0.147. The first-order valence-corrected chi connectivity index (χ1v) is 36.2. The lowest BCUT2D eigenvalue weighted by atomic mass is 10.0. The minimum absolute atomic E-state index is 0.00896. The number of carbonyl (C=O) groups is 17. The number of hydrogen-bond acceptors (Lipinski definition) is 24. The van der Waals surface area contributed by atoms with Gasteiger partial charge in [0.25, 0.3) is 0 Å². The fourth-order valence-corrected chi connectivity index (χ4v) is 12.6. The minimum atomic E-state index is -1.90. The molecule has 0 bridgehead atoms. The Hall–Kier alpha value is -10.7. The summed E-state index contributed by atoms with van der Waals surface area (Å²) < 4.78 is 0. The Morgan fingerprint density at radius 2 is 0.818 bits per heavy atom. The summed E-state index contributed by atoms with van der Waals surface area (Å²) in [5, 5.41) is 79.7. The fourth-order valence-electron chi connectivity index (χ4n) is 12.6. The molecule has 616 valence electrons. The van der Waals surface area contributed by atoms with E-state index in [0.717, 1.165) is 21.6 Å². The lowest BCUT2D eigenvalue weighted by Gasteiger charge is -2.32. The van der Waals surface area contributed by atoms with Gasteiger partial charge < -0.3 is 138 Å². The Balaban J connectivity index is 1.50. The second-order valence-electron chi connectivity index (χ2n) is 27.6. The average Bonchev–Trinajstić information content (AvgIpc) is 1.63. The van der Waals surface area contributed by atoms with Crippen molar-refractivity contribution >= 4 is 112 Å². The van der Waals surface area contributed by atoms with Crippen molar-refractivity contribution in [1.82, 2.24) is 78.5 Å². The van der Waals surface area contributed by atoms with E-state index in [4.69, 9.17) is 34.4 Å². The zero-order chi connectivity index (χ0) is 82.4. The van der Waals surface area contributed by atoms with Gasteiger partial charge in [-0.3, -0.25) is 91.5 Å². The first-order valence-electron chi connectivity index (χ1n) is 36.2. The number of carboxylic acids is 1. The van der Waals surface area contributed by atoms with E-state index in [1.54, 1.807) is 13.8 Å². The van der Waals surface area contributed by atoms with Crippen molar-refractivity contribution in [2.75, 3.05) is 59.1 Å². The number of carbonyl (C=O) groups excluding carboxylic acids is 16. The van der Waals surface area contributed by atoms with Gasteiger partial charge in [-0.15, -0.1) is 0 Å². The molecule has 45 heteroatoms. The molecule has 16 amide bonds. The lowest BCUT2D eigenvalue weighted by Crippen LogP contribution is -2.62. The molecule has 45 nitrogen and oxygen atoms in total. The van der Waals surface area contributed by atoms with Gasteiger partial charge in [-0.1, -0.05) is 13.8 Å². The largest absolute Gasteiger partial charge is 0.481 e. The van der Waals surface area contributed by atoms with Crippen LogP contribution in [0, 0.1) is 5.92 Å². The van der Waals surface area contributed by atoms with Crippen molar-refractivity contribution in [2.24, 2.45) is 50.3 Å². The highest BCUT2D eigenvalue weighted by atomic mass is 16.4. The molecule has 0 spiro atoms. The molecule has 0 aromatic rings. The minimum Gasteiger partial charge on any atom is -0.481 e. The summed E-state index contributed by atoms with van der Waals surface area (Å²) in [5.74, 6) is -18.3. The first kappa shape index (κ1) is 91.7. The summed E-state index contributed by atoms with van der Waals surface area (Å²) >= 11 is 0. The molecule has 4 fully saturated rings. The van der Waals surface area contributed by atoms with Crippen molar-refractivity contribution in [3.8, 4) is 0 Å². The van der Waals surface area contributed by atoms with Gasteiger partial charge in [-0.25, -0.2) is 0 Å². The molecule has 4 rings (SSSR count).